The second kappa shape index (κ2) is 14.7. The van der Waals surface area contributed by atoms with Gasteiger partial charge in [0.05, 0.1) is 10.6 Å². The minimum atomic E-state index is -4.31. The molecule has 0 saturated heterocycles. The van der Waals surface area contributed by atoms with E-state index < -0.39 is 40.2 Å². The third kappa shape index (κ3) is 7.96. The summed E-state index contributed by atoms with van der Waals surface area (Å²) in [5.41, 5.74) is 2.12. The molecule has 0 heterocycles. The summed E-state index contributed by atoms with van der Waals surface area (Å²) in [5.74, 6) is -1.68. The number of carbonyl (C=O) groups is 2. The van der Waals surface area contributed by atoms with Crippen molar-refractivity contribution in [1.29, 1.82) is 0 Å². The zero-order chi connectivity index (χ0) is 31.9. The molecular weight excluding hydrogens is 624 g/mol. The van der Waals surface area contributed by atoms with Crippen LogP contribution in [0.1, 0.15) is 23.6 Å². The number of rotatable bonds is 12. The maximum Gasteiger partial charge on any atom is 0.264 e. The van der Waals surface area contributed by atoms with Gasteiger partial charge in [0, 0.05) is 35.1 Å². The number of amides is 2. The third-order valence-corrected chi connectivity index (χ3v) is 9.51. The number of halogens is 3. The summed E-state index contributed by atoms with van der Waals surface area (Å²) in [5, 5.41) is 3.37. The normalized spacial score (nSPS) is 11.9. The highest BCUT2D eigenvalue weighted by Gasteiger charge is 2.35. The van der Waals surface area contributed by atoms with Crippen molar-refractivity contribution in [2.75, 3.05) is 17.4 Å². The Hall–Kier alpha value is -3.92. The van der Waals surface area contributed by atoms with Crippen molar-refractivity contribution in [2.24, 2.45) is 0 Å². The molecule has 0 spiro atoms. The van der Waals surface area contributed by atoms with Gasteiger partial charge in [0.25, 0.3) is 10.0 Å². The van der Waals surface area contributed by atoms with E-state index in [1.165, 1.54) is 29.2 Å². The summed E-state index contributed by atoms with van der Waals surface area (Å²) in [4.78, 5) is 29.2. The first kappa shape index (κ1) is 33.0. The molecule has 0 unspecified atom stereocenters. The molecule has 0 bridgehead atoms. The number of likely N-dealkylation sites (N-methyl/N-ethyl adjacent to an activating group) is 1. The maximum atomic E-state index is 14.4. The number of carbonyl (C=O) groups excluding carboxylic acids is 2. The first-order chi connectivity index (χ1) is 21.0. The lowest BCUT2D eigenvalue weighted by Gasteiger charge is -2.34. The van der Waals surface area contributed by atoms with E-state index in [1.807, 2.05) is 37.3 Å². The van der Waals surface area contributed by atoms with Gasteiger partial charge < -0.3 is 10.2 Å². The molecule has 0 radical (unpaired) electrons. The zero-order valence-electron chi connectivity index (χ0n) is 24.2. The minimum Gasteiger partial charge on any atom is -0.355 e. The molecule has 0 aliphatic rings. The number of nitrogens with zero attached hydrogens (tertiary/aromatic N) is 2. The highest BCUT2D eigenvalue weighted by atomic mass is 35.5. The van der Waals surface area contributed by atoms with Crippen LogP contribution in [0.25, 0.3) is 0 Å². The second-order valence-corrected chi connectivity index (χ2v) is 12.8. The van der Waals surface area contributed by atoms with Gasteiger partial charge in [0.15, 0.2) is 0 Å². The van der Waals surface area contributed by atoms with Crippen molar-refractivity contribution < 1.29 is 22.4 Å². The second-order valence-electron chi connectivity index (χ2n) is 10.1. The van der Waals surface area contributed by atoms with Gasteiger partial charge in [-0.15, -0.1) is 0 Å². The first-order valence-corrected chi connectivity index (χ1v) is 16.1. The van der Waals surface area contributed by atoms with Gasteiger partial charge in [-0.05, 0) is 67.9 Å². The fourth-order valence-corrected chi connectivity index (χ4v) is 6.60. The molecule has 0 aliphatic carbocycles. The van der Waals surface area contributed by atoms with Gasteiger partial charge in [-0.3, -0.25) is 13.9 Å². The molecular formula is C33H32Cl2FN3O4S. The molecule has 0 saturated carbocycles. The monoisotopic (exact) mass is 655 g/mol. The van der Waals surface area contributed by atoms with Crippen molar-refractivity contribution in [1.82, 2.24) is 10.2 Å². The molecule has 4 rings (SSSR count). The van der Waals surface area contributed by atoms with E-state index in [0.29, 0.717) is 12.1 Å². The van der Waals surface area contributed by atoms with Crippen molar-refractivity contribution in [3.05, 3.63) is 130 Å². The fraction of sp³-hybridized carbons (Fsp3) is 0.212. The van der Waals surface area contributed by atoms with E-state index in [1.54, 1.807) is 37.3 Å². The number of anilines is 1. The van der Waals surface area contributed by atoms with E-state index in [0.717, 1.165) is 27.6 Å². The lowest BCUT2D eigenvalue weighted by molar-refractivity contribution is -0.140. The molecule has 2 amide bonds. The Morgan fingerprint density at radius 3 is 2.07 bits per heavy atom. The molecule has 44 heavy (non-hydrogen) atoms. The number of sulfonamides is 1. The van der Waals surface area contributed by atoms with Crippen LogP contribution in [0.15, 0.2) is 102 Å². The number of hydrogen-bond donors (Lipinski definition) is 1. The smallest absolute Gasteiger partial charge is 0.264 e. The highest BCUT2D eigenvalue weighted by molar-refractivity contribution is 7.92. The zero-order valence-corrected chi connectivity index (χ0v) is 26.5. The van der Waals surface area contributed by atoms with Crippen LogP contribution in [0, 0.1) is 12.7 Å². The Kier molecular flexibility index (Phi) is 11.0. The topological polar surface area (TPSA) is 86.8 Å². The average molecular weight is 657 g/mol. The van der Waals surface area contributed by atoms with Crippen LogP contribution in [-0.2, 0) is 32.6 Å². The van der Waals surface area contributed by atoms with E-state index >= 15 is 0 Å². The van der Waals surface area contributed by atoms with Gasteiger partial charge in [0.2, 0.25) is 11.8 Å². The lowest BCUT2D eigenvalue weighted by atomic mass is 10.0. The SMILES string of the molecule is CCNC(=O)[C@H](Cc1ccccc1)N(Cc1c(Cl)cccc1Cl)C(=O)CN(c1ccc(F)cc1)S(=O)(=O)c1ccc(C)cc1. The predicted octanol–water partition coefficient (Wildman–Crippen LogP) is 6.41. The highest BCUT2D eigenvalue weighted by Crippen LogP contribution is 2.29. The molecule has 0 aromatic heterocycles. The molecule has 0 aliphatic heterocycles. The number of hydrogen-bond acceptors (Lipinski definition) is 4. The van der Waals surface area contributed by atoms with Crippen LogP contribution in [-0.4, -0.2) is 44.3 Å². The summed E-state index contributed by atoms with van der Waals surface area (Å²) in [7, 11) is -4.31. The van der Waals surface area contributed by atoms with Gasteiger partial charge in [-0.1, -0.05) is 77.3 Å². The van der Waals surface area contributed by atoms with Crippen LogP contribution in [0.5, 0.6) is 0 Å². The quantitative estimate of drug-likeness (QED) is 0.191. The number of benzene rings is 4. The predicted molar refractivity (Wildman–Crippen MR) is 172 cm³/mol. The van der Waals surface area contributed by atoms with Gasteiger partial charge in [-0.25, -0.2) is 12.8 Å². The summed E-state index contributed by atoms with van der Waals surface area (Å²) >= 11 is 13.0. The summed E-state index contributed by atoms with van der Waals surface area (Å²) in [6.07, 6.45) is 0.141. The van der Waals surface area contributed by atoms with E-state index in [2.05, 4.69) is 5.32 Å². The molecule has 1 atom stereocenters. The summed E-state index contributed by atoms with van der Waals surface area (Å²) in [6, 6.07) is 24.0. The molecule has 0 fully saturated rings. The number of nitrogens with one attached hydrogen (secondary N) is 1. The van der Waals surface area contributed by atoms with Crippen molar-refractivity contribution in [3.63, 3.8) is 0 Å². The van der Waals surface area contributed by atoms with Crippen molar-refractivity contribution >= 4 is 50.7 Å². The van der Waals surface area contributed by atoms with Crippen LogP contribution in [0.4, 0.5) is 10.1 Å². The van der Waals surface area contributed by atoms with Crippen LogP contribution >= 0.6 is 23.2 Å². The lowest BCUT2D eigenvalue weighted by Crippen LogP contribution is -2.53. The van der Waals surface area contributed by atoms with Crippen LogP contribution < -0.4 is 9.62 Å². The largest absolute Gasteiger partial charge is 0.355 e. The molecule has 230 valence electrons. The van der Waals surface area contributed by atoms with Gasteiger partial charge in [-0.2, -0.15) is 0 Å². The minimum absolute atomic E-state index is 0.0505. The fourth-order valence-electron chi connectivity index (χ4n) is 4.67. The van der Waals surface area contributed by atoms with Crippen molar-refractivity contribution in [2.45, 2.75) is 37.8 Å². The Labute approximate surface area is 267 Å². The molecule has 4 aromatic rings. The Morgan fingerprint density at radius 2 is 1.48 bits per heavy atom. The van der Waals surface area contributed by atoms with Crippen LogP contribution in [0.2, 0.25) is 10.0 Å². The van der Waals surface area contributed by atoms with E-state index in [-0.39, 0.29) is 33.6 Å². The van der Waals surface area contributed by atoms with E-state index in [4.69, 9.17) is 23.2 Å². The van der Waals surface area contributed by atoms with E-state index in [9.17, 15) is 22.4 Å². The molecule has 4 aromatic carbocycles. The van der Waals surface area contributed by atoms with Crippen LogP contribution in [0.3, 0.4) is 0 Å². The number of aryl methyl sites for hydroxylation is 1. The Balaban J connectivity index is 1.82. The van der Waals surface area contributed by atoms with Gasteiger partial charge in [0.1, 0.15) is 18.4 Å². The molecule has 7 nitrogen and oxygen atoms in total. The Morgan fingerprint density at radius 1 is 0.864 bits per heavy atom. The Bertz CT molecular complexity index is 1680. The maximum absolute atomic E-state index is 14.4. The van der Waals surface area contributed by atoms with Gasteiger partial charge >= 0.3 is 0 Å². The molecule has 11 heteroatoms. The first-order valence-electron chi connectivity index (χ1n) is 13.9. The standard InChI is InChI=1S/C33H32Cl2FN3O4S/c1-3-37-33(41)31(20-24-8-5-4-6-9-24)38(21-28-29(34)10-7-11-30(28)35)32(40)22-39(26-16-14-25(36)15-17-26)44(42,43)27-18-12-23(2)13-19-27/h4-19,31H,3,20-22H2,1-2H3,(H,37,41)/t31-/m0/s1. The third-order valence-electron chi connectivity index (χ3n) is 7.01. The molecule has 1 N–H and O–H groups in total. The summed E-state index contributed by atoms with van der Waals surface area (Å²) in [6.45, 7) is 3.04. The average Bonchev–Trinajstić information content (AvgIpc) is 3.00. The van der Waals surface area contributed by atoms with Crippen molar-refractivity contribution in [3.8, 4) is 0 Å². The summed E-state index contributed by atoms with van der Waals surface area (Å²) < 4.78 is 42.8.